The van der Waals surface area contributed by atoms with Crippen molar-refractivity contribution in [3.8, 4) is 0 Å². The van der Waals surface area contributed by atoms with Gasteiger partial charge in [0.25, 0.3) is 0 Å². The molecule has 0 amide bonds. The predicted octanol–water partition coefficient (Wildman–Crippen LogP) is 3.50. The van der Waals surface area contributed by atoms with Crippen LogP contribution in [0.3, 0.4) is 0 Å². The molecular formula is C17H25N. The molecule has 1 unspecified atom stereocenters. The molecule has 18 heavy (non-hydrogen) atoms. The summed E-state index contributed by atoms with van der Waals surface area (Å²) in [4.78, 5) is 0. The van der Waals surface area contributed by atoms with Crippen LogP contribution in [0.25, 0.3) is 0 Å². The molecule has 1 heteroatoms. The summed E-state index contributed by atoms with van der Waals surface area (Å²) in [6.45, 7) is 2.47. The van der Waals surface area contributed by atoms with E-state index in [1.165, 1.54) is 64.5 Å². The highest BCUT2D eigenvalue weighted by Crippen LogP contribution is 2.24. The number of hydrogen-bond donors (Lipinski definition) is 1. The molecule has 1 N–H and O–H groups in total. The van der Waals surface area contributed by atoms with Crippen molar-refractivity contribution < 1.29 is 0 Å². The molecule has 1 heterocycles. The Morgan fingerprint density at radius 1 is 1.06 bits per heavy atom. The van der Waals surface area contributed by atoms with Gasteiger partial charge in [0.2, 0.25) is 0 Å². The van der Waals surface area contributed by atoms with Crippen LogP contribution in [0.1, 0.15) is 48.8 Å². The smallest absolute Gasteiger partial charge is 0.00204 e. The Hall–Kier alpha value is -0.820. The molecule has 3 rings (SSSR count). The first-order valence-electron chi connectivity index (χ1n) is 7.73. The highest BCUT2D eigenvalue weighted by molar-refractivity contribution is 5.33. The Balaban J connectivity index is 1.58. The number of hydrogen-bond acceptors (Lipinski definition) is 1. The second-order valence-corrected chi connectivity index (χ2v) is 6.06. The van der Waals surface area contributed by atoms with Crippen LogP contribution in [0.2, 0.25) is 0 Å². The number of fused-ring (bicyclic) bond motifs is 1. The van der Waals surface area contributed by atoms with Gasteiger partial charge >= 0.3 is 0 Å². The van der Waals surface area contributed by atoms with E-state index in [4.69, 9.17) is 0 Å². The second kappa shape index (κ2) is 5.88. The van der Waals surface area contributed by atoms with E-state index in [0.717, 1.165) is 5.92 Å². The molecule has 0 radical (unpaired) electrons. The SMILES string of the molecule is c1cc2c(cc1CCC1CCCNC1)CCCC2. The monoisotopic (exact) mass is 243 g/mol. The van der Waals surface area contributed by atoms with Crippen LogP contribution < -0.4 is 5.32 Å². The van der Waals surface area contributed by atoms with Crippen molar-refractivity contribution in [2.45, 2.75) is 51.4 Å². The number of aryl methyl sites for hydroxylation is 3. The average molecular weight is 243 g/mol. The third-order valence-corrected chi connectivity index (χ3v) is 4.65. The Morgan fingerprint density at radius 3 is 2.78 bits per heavy atom. The molecule has 1 saturated heterocycles. The zero-order chi connectivity index (χ0) is 12.2. The number of benzene rings is 1. The molecule has 0 spiro atoms. The molecule has 0 saturated carbocycles. The van der Waals surface area contributed by atoms with Gasteiger partial charge in [0, 0.05) is 0 Å². The fourth-order valence-electron chi connectivity index (χ4n) is 3.48. The Kier molecular flexibility index (Phi) is 3.99. The normalized spacial score (nSPS) is 23.7. The summed E-state index contributed by atoms with van der Waals surface area (Å²) in [6.07, 6.45) is 10.8. The van der Waals surface area contributed by atoms with Crippen molar-refractivity contribution in [1.29, 1.82) is 0 Å². The van der Waals surface area contributed by atoms with Crippen LogP contribution in [0.5, 0.6) is 0 Å². The molecule has 1 aromatic carbocycles. The Morgan fingerprint density at radius 2 is 1.94 bits per heavy atom. The van der Waals surface area contributed by atoms with Crippen LogP contribution in [-0.4, -0.2) is 13.1 Å². The standard InChI is InChI=1S/C17H25N/c1-2-6-17-12-14(9-10-16(17)5-1)7-8-15-4-3-11-18-13-15/h9-10,12,15,18H,1-8,11,13H2. The molecule has 1 aliphatic heterocycles. The summed E-state index contributed by atoms with van der Waals surface area (Å²) in [7, 11) is 0. The molecule has 0 aromatic heterocycles. The summed E-state index contributed by atoms with van der Waals surface area (Å²) in [5.74, 6) is 0.912. The molecule has 0 bridgehead atoms. The first-order chi connectivity index (χ1) is 8.92. The largest absolute Gasteiger partial charge is 0.316 e. The van der Waals surface area contributed by atoms with Crippen LogP contribution in [0.15, 0.2) is 18.2 Å². The maximum absolute atomic E-state index is 3.52. The lowest BCUT2D eigenvalue weighted by Crippen LogP contribution is -2.29. The Labute approximate surface area is 111 Å². The van der Waals surface area contributed by atoms with Crippen molar-refractivity contribution in [2.24, 2.45) is 5.92 Å². The molecule has 1 atom stereocenters. The van der Waals surface area contributed by atoms with Gasteiger partial charge in [0.15, 0.2) is 0 Å². The van der Waals surface area contributed by atoms with E-state index in [9.17, 15) is 0 Å². The number of rotatable bonds is 3. The van der Waals surface area contributed by atoms with Crippen LogP contribution in [0.4, 0.5) is 0 Å². The van der Waals surface area contributed by atoms with Crippen molar-refractivity contribution in [1.82, 2.24) is 5.32 Å². The van der Waals surface area contributed by atoms with Gasteiger partial charge in [-0.1, -0.05) is 18.2 Å². The van der Waals surface area contributed by atoms with Gasteiger partial charge in [0.05, 0.1) is 0 Å². The fraction of sp³-hybridized carbons (Fsp3) is 0.647. The van der Waals surface area contributed by atoms with Gasteiger partial charge in [-0.2, -0.15) is 0 Å². The van der Waals surface area contributed by atoms with E-state index in [1.54, 1.807) is 16.7 Å². The molecule has 1 fully saturated rings. The van der Waals surface area contributed by atoms with E-state index in [2.05, 4.69) is 23.5 Å². The van der Waals surface area contributed by atoms with Crippen molar-refractivity contribution in [3.63, 3.8) is 0 Å². The van der Waals surface area contributed by atoms with E-state index in [-0.39, 0.29) is 0 Å². The maximum Gasteiger partial charge on any atom is -0.00204 e. The van der Waals surface area contributed by atoms with Gasteiger partial charge < -0.3 is 5.32 Å². The summed E-state index contributed by atoms with van der Waals surface area (Å²) in [6, 6.07) is 7.26. The first-order valence-corrected chi connectivity index (χ1v) is 7.73. The minimum absolute atomic E-state index is 0.912. The van der Waals surface area contributed by atoms with E-state index < -0.39 is 0 Å². The molecule has 1 nitrogen and oxygen atoms in total. The first kappa shape index (κ1) is 12.2. The molecule has 2 aliphatic rings. The van der Waals surface area contributed by atoms with Crippen LogP contribution in [-0.2, 0) is 19.3 Å². The van der Waals surface area contributed by atoms with Gasteiger partial charge in [-0.15, -0.1) is 0 Å². The van der Waals surface area contributed by atoms with Gasteiger partial charge in [-0.05, 0) is 87.1 Å². The third kappa shape index (κ3) is 2.95. The Bertz CT molecular complexity index is 391. The van der Waals surface area contributed by atoms with Crippen LogP contribution >= 0.6 is 0 Å². The second-order valence-electron chi connectivity index (χ2n) is 6.06. The summed E-state index contributed by atoms with van der Waals surface area (Å²) >= 11 is 0. The third-order valence-electron chi connectivity index (χ3n) is 4.65. The number of piperidine rings is 1. The van der Waals surface area contributed by atoms with E-state index in [0.29, 0.717) is 0 Å². The predicted molar refractivity (Wildman–Crippen MR) is 77.0 cm³/mol. The lowest BCUT2D eigenvalue weighted by atomic mass is 9.88. The lowest BCUT2D eigenvalue weighted by molar-refractivity contribution is 0.358. The molecule has 98 valence electrons. The zero-order valence-electron chi connectivity index (χ0n) is 11.4. The summed E-state index contributed by atoms with van der Waals surface area (Å²) < 4.78 is 0. The summed E-state index contributed by atoms with van der Waals surface area (Å²) in [5.41, 5.74) is 4.83. The van der Waals surface area contributed by atoms with Crippen molar-refractivity contribution in [2.75, 3.05) is 13.1 Å². The zero-order valence-corrected chi connectivity index (χ0v) is 11.4. The van der Waals surface area contributed by atoms with Gasteiger partial charge in [-0.25, -0.2) is 0 Å². The molecular weight excluding hydrogens is 218 g/mol. The summed E-state index contributed by atoms with van der Waals surface area (Å²) in [5, 5.41) is 3.52. The average Bonchev–Trinajstić information content (AvgIpc) is 2.46. The number of nitrogens with one attached hydrogen (secondary N) is 1. The topological polar surface area (TPSA) is 12.0 Å². The van der Waals surface area contributed by atoms with Crippen molar-refractivity contribution >= 4 is 0 Å². The van der Waals surface area contributed by atoms with Crippen molar-refractivity contribution in [3.05, 3.63) is 34.9 Å². The lowest BCUT2D eigenvalue weighted by Gasteiger charge is -2.23. The molecule has 1 aliphatic carbocycles. The van der Waals surface area contributed by atoms with Gasteiger partial charge in [0.1, 0.15) is 0 Å². The quantitative estimate of drug-likeness (QED) is 0.857. The van der Waals surface area contributed by atoms with Crippen LogP contribution in [0, 0.1) is 5.92 Å². The fourth-order valence-corrected chi connectivity index (χ4v) is 3.48. The van der Waals surface area contributed by atoms with Gasteiger partial charge in [-0.3, -0.25) is 0 Å². The minimum Gasteiger partial charge on any atom is -0.316 e. The van der Waals surface area contributed by atoms with E-state index >= 15 is 0 Å². The highest BCUT2D eigenvalue weighted by atomic mass is 14.9. The highest BCUT2D eigenvalue weighted by Gasteiger charge is 2.14. The van der Waals surface area contributed by atoms with E-state index in [1.807, 2.05) is 0 Å². The molecule has 1 aromatic rings. The maximum atomic E-state index is 3.52. The minimum atomic E-state index is 0.912.